The highest BCUT2D eigenvalue weighted by Crippen LogP contribution is 2.42. The van der Waals surface area contributed by atoms with Gasteiger partial charge in [-0.1, -0.05) is 37.5 Å². The molecule has 2 aromatic rings. The Morgan fingerprint density at radius 1 is 1.07 bits per heavy atom. The fraction of sp³-hybridized carbons (Fsp3) is 0.500. The Morgan fingerprint density at radius 2 is 1.79 bits per heavy atom. The van der Waals surface area contributed by atoms with Gasteiger partial charge in [-0.15, -0.1) is 4.40 Å². The van der Waals surface area contributed by atoms with E-state index < -0.39 is 20.9 Å². The smallest absolute Gasteiger partial charge is 0.267 e. The number of hydrogen-bond donors (Lipinski definition) is 0. The SMILES string of the molecule is CC1(C)OC(CC2CCCCC2)=NS(=O)(=O)C1c1cccc(-c2cncnc2)c1. The minimum atomic E-state index is -3.75. The lowest BCUT2D eigenvalue weighted by Crippen LogP contribution is -2.43. The predicted molar refractivity (Wildman–Crippen MR) is 113 cm³/mol. The van der Waals surface area contributed by atoms with E-state index in [1.165, 1.54) is 25.6 Å². The summed E-state index contributed by atoms with van der Waals surface area (Å²) in [6.07, 6.45) is 11.4. The van der Waals surface area contributed by atoms with E-state index in [2.05, 4.69) is 14.4 Å². The molecular formula is C22H27N3O3S. The van der Waals surface area contributed by atoms with Crippen LogP contribution < -0.4 is 0 Å². The molecule has 4 rings (SSSR count). The van der Waals surface area contributed by atoms with Gasteiger partial charge in [-0.2, -0.15) is 0 Å². The van der Waals surface area contributed by atoms with Crippen molar-refractivity contribution in [2.24, 2.45) is 10.3 Å². The molecule has 29 heavy (non-hydrogen) atoms. The molecule has 2 aliphatic rings. The van der Waals surface area contributed by atoms with Crippen molar-refractivity contribution < 1.29 is 13.2 Å². The quantitative estimate of drug-likeness (QED) is 0.726. The Balaban J connectivity index is 1.66. The largest absolute Gasteiger partial charge is 0.472 e. The fourth-order valence-electron chi connectivity index (χ4n) is 4.55. The number of sulfonamides is 1. The Bertz CT molecular complexity index is 997. The zero-order valence-corrected chi connectivity index (χ0v) is 17.7. The van der Waals surface area contributed by atoms with Crippen molar-refractivity contribution in [1.29, 1.82) is 0 Å². The average Bonchev–Trinajstić information content (AvgIpc) is 2.68. The summed E-state index contributed by atoms with van der Waals surface area (Å²) in [5.41, 5.74) is 1.46. The molecule has 1 aromatic heterocycles. The van der Waals surface area contributed by atoms with Gasteiger partial charge in [-0.3, -0.25) is 0 Å². The van der Waals surface area contributed by atoms with Crippen LogP contribution in [0.1, 0.15) is 63.2 Å². The van der Waals surface area contributed by atoms with Crippen molar-refractivity contribution in [2.75, 3.05) is 0 Å². The van der Waals surface area contributed by atoms with E-state index in [-0.39, 0.29) is 0 Å². The van der Waals surface area contributed by atoms with Gasteiger partial charge in [0.2, 0.25) is 5.90 Å². The highest BCUT2D eigenvalue weighted by molar-refractivity contribution is 7.90. The standard InChI is InChI=1S/C22H27N3O3S/c1-22(2)21(18-10-6-9-17(12-18)19-13-23-15-24-14-19)29(26,27)25-20(28-22)11-16-7-4-3-5-8-16/h6,9-10,12-16,21H,3-5,7-8,11H2,1-2H3. The number of nitrogens with zero attached hydrogens (tertiary/aromatic N) is 3. The van der Waals surface area contributed by atoms with Gasteiger partial charge in [0, 0.05) is 24.4 Å². The summed E-state index contributed by atoms with van der Waals surface area (Å²) in [6, 6.07) is 7.46. The van der Waals surface area contributed by atoms with Crippen LogP contribution in [0.15, 0.2) is 47.4 Å². The first-order valence-electron chi connectivity index (χ1n) is 10.2. The van der Waals surface area contributed by atoms with Gasteiger partial charge in [-0.25, -0.2) is 18.4 Å². The van der Waals surface area contributed by atoms with Gasteiger partial charge in [-0.05, 0) is 49.8 Å². The molecule has 1 aromatic carbocycles. The third-order valence-electron chi connectivity index (χ3n) is 5.81. The van der Waals surface area contributed by atoms with E-state index in [0.29, 0.717) is 23.8 Å². The van der Waals surface area contributed by atoms with Crippen LogP contribution in [0.4, 0.5) is 0 Å². The first-order valence-corrected chi connectivity index (χ1v) is 11.7. The lowest BCUT2D eigenvalue weighted by molar-refractivity contribution is 0.0780. The van der Waals surface area contributed by atoms with Crippen LogP contribution in [0.3, 0.4) is 0 Å². The maximum Gasteiger partial charge on any atom is 0.267 e. The normalized spacial score (nSPS) is 23.8. The monoisotopic (exact) mass is 413 g/mol. The second-order valence-electron chi connectivity index (χ2n) is 8.55. The molecule has 1 unspecified atom stereocenters. The number of aromatic nitrogens is 2. The van der Waals surface area contributed by atoms with Crippen LogP contribution in [-0.2, 0) is 14.8 Å². The zero-order chi connectivity index (χ0) is 20.5. The molecule has 0 radical (unpaired) electrons. The third-order valence-corrected chi connectivity index (χ3v) is 7.70. The third kappa shape index (κ3) is 4.34. The molecule has 1 fully saturated rings. The molecule has 0 bridgehead atoms. The van der Waals surface area contributed by atoms with Crippen molar-refractivity contribution in [3.05, 3.63) is 48.5 Å². The zero-order valence-electron chi connectivity index (χ0n) is 16.9. The molecule has 0 saturated heterocycles. The Hall–Kier alpha value is -2.28. The lowest BCUT2D eigenvalue weighted by atomic mass is 9.87. The molecule has 0 amide bonds. The van der Waals surface area contributed by atoms with Gasteiger partial charge in [0.15, 0.2) is 0 Å². The molecule has 1 aliphatic heterocycles. The molecule has 154 valence electrons. The van der Waals surface area contributed by atoms with Crippen LogP contribution in [0.5, 0.6) is 0 Å². The Kier molecular flexibility index (Phi) is 5.42. The summed E-state index contributed by atoms with van der Waals surface area (Å²) in [7, 11) is -3.75. The molecule has 1 atom stereocenters. The fourth-order valence-corrected chi connectivity index (χ4v) is 6.31. The minimum absolute atomic E-state index is 0.366. The summed E-state index contributed by atoms with van der Waals surface area (Å²) >= 11 is 0. The summed E-state index contributed by atoms with van der Waals surface area (Å²) in [5, 5.41) is -0.866. The summed E-state index contributed by atoms with van der Waals surface area (Å²) in [5.74, 6) is 0.831. The molecule has 1 aliphatic carbocycles. The molecule has 0 N–H and O–H groups in total. The second kappa shape index (κ2) is 7.86. The van der Waals surface area contributed by atoms with Gasteiger partial charge < -0.3 is 4.74 Å². The van der Waals surface area contributed by atoms with Crippen LogP contribution in [0.2, 0.25) is 0 Å². The number of benzene rings is 1. The number of ether oxygens (including phenoxy) is 1. The summed E-state index contributed by atoms with van der Waals surface area (Å²) < 4.78 is 36.7. The van der Waals surface area contributed by atoms with E-state index in [0.717, 1.165) is 24.0 Å². The second-order valence-corrected chi connectivity index (χ2v) is 10.2. The highest BCUT2D eigenvalue weighted by Gasteiger charge is 2.47. The van der Waals surface area contributed by atoms with Crippen LogP contribution in [0, 0.1) is 5.92 Å². The first-order chi connectivity index (χ1) is 13.9. The highest BCUT2D eigenvalue weighted by atomic mass is 32.2. The van der Waals surface area contributed by atoms with Gasteiger partial charge >= 0.3 is 0 Å². The maximum absolute atomic E-state index is 13.2. The van der Waals surface area contributed by atoms with Crippen molar-refractivity contribution in [2.45, 2.75) is 63.2 Å². The minimum Gasteiger partial charge on any atom is -0.472 e. The molecular weight excluding hydrogens is 386 g/mol. The van der Waals surface area contributed by atoms with Gasteiger partial charge in [0.1, 0.15) is 17.2 Å². The number of hydrogen-bond acceptors (Lipinski definition) is 5. The van der Waals surface area contributed by atoms with Crippen LogP contribution >= 0.6 is 0 Å². The molecule has 0 spiro atoms. The van der Waals surface area contributed by atoms with E-state index in [4.69, 9.17) is 4.74 Å². The van der Waals surface area contributed by atoms with Crippen molar-refractivity contribution in [3.63, 3.8) is 0 Å². The maximum atomic E-state index is 13.2. The van der Waals surface area contributed by atoms with E-state index >= 15 is 0 Å². The summed E-state index contributed by atoms with van der Waals surface area (Å²) in [4.78, 5) is 8.10. The molecule has 2 heterocycles. The molecule has 7 heteroatoms. The topological polar surface area (TPSA) is 81.5 Å². The van der Waals surface area contributed by atoms with Gasteiger partial charge in [0.05, 0.1) is 0 Å². The lowest BCUT2D eigenvalue weighted by Gasteiger charge is -2.38. The summed E-state index contributed by atoms with van der Waals surface area (Å²) in [6.45, 7) is 3.67. The van der Waals surface area contributed by atoms with E-state index in [1.54, 1.807) is 12.4 Å². The van der Waals surface area contributed by atoms with E-state index in [9.17, 15) is 8.42 Å². The predicted octanol–water partition coefficient (Wildman–Crippen LogP) is 4.69. The Morgan fingerprint density at radius 3 is 2.48 bits per heavy atom. The van der Waals surface area contributed by atoms with Crippen LogP contribution in [-0.4, -0.2) is 29.9 Å². The van der Waals surface area contributed by atoms with Crippen molar-refractivity contribution >= 4 is 15.9 Å². The van der Waals surface area contributed by atoms with Crippen LogP contribution in [0.25, 0.3) is 11.1 Å². The van der Waals surface area contributed by atoms with Crippen molar-refractivity contribution in [1.82, 2.24) is 9.97 Å². The van der Waals surface area contributed by atoms with Crippen molar-refractivity contribution in [3.8, 4) is 11.1 Å². The molecule has 6 nitrogen and oxygen atoms in total. The Labute approximate surface area is 172 Å². The first kappa shape index (κ1) is 20.0. The van der Waals surface area contributed by atoms with E-state index in [1.807, 2.05) is 38.1 Å². The number of rotatable bonds is 4. The van der Waals surface area contributed by atoms with Gasteiger partial charge in [0.25, 0.3) is 10.0 Å². The molecule has 1 saturated carbocycles. The average molecular weight is 414 g/mol.